The molecule has 1 amide bonds. The monoisotopic (exact) mass is 225 g/mol. The number of H-pyrrole nitrogens is 1. The third-order valence-corrected chi connectivity index (χ3v) is 2.76. The van der Waals surface area contributed by atoms with Crippen molar-refractivity contribution in [1.29, 1.82) is 0 Å². The number of carbonyl (C=O) groups is 1. The molecule has 0 aliphatic carbocycles. The summed E-state index contributed by atoms with van der Waals surface area (Å²) < 4.78 is 5.22. The second kappa shape index (κ2) is 4.63. The largest absolute Gasteiger partial charge is 0.394 e. The van der Waals surface area contributed by atoms with Crippen LogP contribution in [0.2, 0.25) is 0 Å². The maximum absolute atomic E-state index is 12.2. The zero-order valence-electron chi connectivity index (χ0n) is 9.14. The average Bonchev–Trinajstić information content (AvgIpc) is 2.74. The van der Waals surface area contributed by atoms with Crippen molar-refractivity contribution in [2.75, 3.05) is 26.4 Å². The molecule has 2 N–H and O–H groups in total. The van der Waals surface area contributed by atoms with Crippen molar-refractivity contribution in [2.24, 2.45) is 0 Å². The van der Waals surface area contributed by atoms with E-state index in [1.165, 1.54) is 6.20 Å². The van der Waals surface area contributed by atoms with E-state index in [0.29, 0.717) is 25.3 Å². The van der Waals surface area contributed by atoms with Gasteiger partial charge in [-0.1, -0.05) is 0 Å². The predicted molar refractivity (Wildman–Crippen MR) is 56.1 cm³/mol. The van der Waals surface area contributed by atoms with E-state index in [0.717, 1.165) is 5.69 Å². The van der Waals surface area contributed by atoms with Crippen LogP contribution >= 0.6 is 0 Å². The molecule has 0 bridgehead atoms. The van der Waals surface area contributed by atoms with E-state index in [4.69, 9.17) is 4.74 Å². The summed E-state index contributed by atoms with van der Waals surface area (Å²) in [5, 5.41) is 15.7. The fourth-order valence-corrected chi connectivity index (χ4v) is 1.79. The van der Waals surface area contributed by atoms with Gasteiger partial charge in [-0.2, -0.15) is 5.10 Å². The molecule has 6 heteroatoms. The number of hydrogen-bond donors (Lipinski definition) is 2. The minimum Gasteiger partial charge on any atom is -0.394 e. The molecule has 1 atom stereocenters. The number of rotatable bonds is 2. The molecule has 6 nitrogen and oxygen atoms in total. The first-order valence-corrected chi connectivity index (χ1v) is 5.23. The summed E-state index contributed by atoms with van der Waals surface area (Å²) in [7, 11) is 0. The lowest BCUT2D eigenvalue weighted by Crippen LogP contribution is -2.50. The Hall–Kier alpha value is -1.40. The summed E-state index contributed by atoms with van der Waals surface area (Å²) >= 11 is 0. The van der Waals surface area contributed by atoms with Gasteiger partial charge in [0.25, 0.3) is 5.91 Å². The number of amides is 1. The van der Waals surface area contributed by atoms with Crippen LogP contribution < -0.4 is 0 Å². The van der Waals surface area contributed by atoms with Crippen LogP contribution in [0.3, 0.4) is 0 Å². The van der Waals surface area contributed by atoms with Crippen molar-refractivity contribution in [3.8, 4) is 0 Å². The molecule has 2 rings (SSSR count). The lowest BCUT2D eigenvalue weighted by Gasteiger charge is -2.34. The predicted octanol–water partition coefficient (Wildman–Crippen LogP) is -0.449. The number of aliphatic hydroxyl groups excluding tert-OH is 1. The molecule has 16 heavy (non-hydrogen) atoms. The molecule has 2 heterocycles. The first-order chi connectivity index (χ1) is 7.74. The number of hydrogen-bond acceptors (Lipinski definition) is 4. The maximum atomic E-state index is 12.2. The Morgan fingerprint density at radius 1 is 1.81 bits per heavy atom. The number of aromatic nitrogens is 2. The maximum Gasteiger partial charge on any atom is 0.257 e. The summed E-state index contributed by atoms with van der Waals surface area (Å²) in [5.41, 5.74) is 1.30. The van der Waals surface area contributed by atoms with Crippen molar-refractivity contribution in [3.63, 3.8) is 0 Å². The van der Waals surface area contributed by atoms with Crippen molar-refractivity contribution in [2.45, 2.75) is 13.0 Å². The number of ether oxygens (including phenoxy) is 1. The molecule has 1 aliphatic heterocycles. The molecule has 0 radical (unpaired) electrons. The van der Waals surface area contributed by atoms with Gasteiger partial charge in [0, 0.05) is 12.2 Å². The molecule has 1 aromatic rings. The summed E-state index contributed by atoms with van der Waals surface area (Å²) in [5.74, 6) is -0.103. The first-order valence-electron chi connectivity index (χ1n) is 5.23. The van der Waals surface area contributed by atoms with Gasteiger partial charge in [-0.25, -0.2) is 0 Å². The fourth-order valence-electron chi connectivity index (χ4n) is 1.79. The topological polar surface area (TPSA) is 78.5 Å². The molecule has 0 aromatic carbocycles. The van der Waals surface area contributed by atoms with Gasteiger partial charge >= 0.3 is 0 Å². The van der Waals surface area contributed by atoms with Gasteiger partial charge in [0.2, 0.25) is 0 Å². The van der Waals surface area contributed by atoms with Crippen molar-refractivity contribution in [3.05, 3.63) is 17.5 Å². The zero-order valence-corrected chi connectivity index (χ0v) is 9.14. The highest BCUT2D eigenvalue weighted by Gasteiger charge is 2.28. The fraction of sp³-hybridized carbons (Fsp3) is 0.600. The van der Waals surface area contributed by atoms with E-state index in [-0.39, 0.29) is 18.6 Å². The molecule has 1 fully saturated rings. The second-order valence-electron chi connectivity index (χ2n) is 3.82. The second-order valence-corrected chi connectivity index (χ2v) is 3.82. The van der Waals surface area contributed by atoms with Crippen LogP contribution in [0, 0.1) is 6.92 Å². The van der Waals surface area contributed by atoms with E-state index in [9.17, 15) is 9.90 Å². The van der Waals surface area contributed by atoms with E-state index >= 15 is 0 Å². The van der Waals surface area contributed by atoms with Crippen LogP contribution in [-0.2, 0) is 4.74 Å². The minimum absolute atomic E-state index is 0.0807. The standard InChI is InChI=1S/C10H15N3O3/c1-7-9(4-11-12-7)10(15)13-2-3-16-6-8(13)5-14/h4,8,14H,2-3,5-6H2,1H3,(H,11,12). The van der Waals surface area contributed by atoms with E-state index in [1.807, 2.05) is 0 Å². The Kier molecular flexibility index (Phi) is 3.21. The van der Waals surface area contributed by atoms with Crippen LogP contribution in [0.25, 0.3) is 0 Å². The molecular formula is C10H15N3O3. The third kappa shape index (κ3) is 1.94. The lowest BCUT2D eigenvalue weighted by atomic mass is 10.1. The number of nitrogens with one attached hydrogen (secondary N) is 1. The van der Waals surface area contributed by atoms with E-state index < -0.39 is 0 Å². The Bertz CT molecular complexity index is 377. The van der Waals surface area contributed by atoms with E-state index in [2.05, 4.69) is 10.2 Å². The quantitative estimate of drug-likeness (QED) is 0.714. The van der Waals surface area contributed by atoms with E-state index in [1.54, 1.807) is 11.8 Å². The number of carbonyl (C=O) groups excluding carboxylic acids is 1. The van der Waals surface area contributed by atoms with Crippen LogP contribution in [-0.4, -0.2) is 58.5 Å². The van der Waals surface area contributed by atoms with Crippen LogP contribution in [0.5, 0.6) is 0 Å². The summed E-state index contributed by atoms with van der Waals surface area (Å²) in [6.07, 6.45) is 1.52. The van der Waals surface area contributed by atoms with Crippen molar-refractivity contribution >= 4 is 5.91 Å². The molecule has 88 valence electrons. The number of aromatic amines is 1. The average molecular weight is 225 g/mol. The van der Waals surface area contributed by atoms with Gasteiger partial charge in [0.05, 0.1) is 37.6 Å². The molecule has 1 unspecified atom stereocenters. The van der Waals surface area contributed by atoms with Gasteiger partial charge in [-0.05, 0) is 6.92 Å². The number of nitrogens with zero attached hydrogens (tertiary/aromatic N) is 2. The Labute approximate surface area is 93.2 Å². The van der Waals surface area contributed by atoms with Crippen LogP contribution in [0.4, 0.5) is 0 Å². The highest BCUT2D eigenvalue weighted by molar-refractivity contribution is 5.95. The highest BCUT2D eigenvalue weighted by Crippen LogP contribution is 2.13. The molecule has 0 saturated carbocycles. The Morgan fingerprint density at radius 2 is 2.62 bits per heavy atom. The van der Waals surface area contributed by atoms with Gasteiger partial charge in [0.1, 0.15) is 0 Å². The summed E-state index contributed by atoms with van der Waals surface area (Å²) in [4.78, 5) is 13.8. The first kappa shape index (κ1) is 11.1. The normalized spacial score (nSPS) is 21.1. The molecular weight excluding hydrogens is 210 g/mol. The molecule has 1 aromatic heterocycles. The number of aliphatic hydroxyl groups is 1. The SMILES string of the molecule is Cc1[nH]ncc1C(=O)N1CCOCC1CO. The van der Waals surface area contributed by atoms with Crippen LogP contribution in [0.1, 0.15) is 16.1 Å². The zero-order chi connectivity index (χ0) is 11.5. The third-order valence-electron chi connectivity index (χ3n) is 2.76. The van der Waals surface area contributed by atoms with Gasteiger partial charge in [-0.15, -0.1) is 0 Å². The highest BCUT2D eigenvalue weighted by atomic mass is 16.5. The van der Waals surface area contributed by atoms with Gasteiger partial charge in [-0.3, -0.25) is 9.89 Å². The van der Waals surface area contributed by atoms with Crippen molar-refractivity contribution in [1.82, 2.24) is 15.1 Å². The molecule has 0 spiro atoms. The van der Waals surface area contributed by atoms with Crippen LogP contribution in [0.15, 0.2) is 6.20 Å². The number of morpholine rings is 1. The summed E-state index contributed by atoms with van der Waals surface area (Å²) in [6.45, 7) is 3.13. The molecule has 1 saturated heterocycles. The number of aryl methyl sites for hydroxylation is 1. The van der Waals surface area contributed by atoms with Gasteiger partial charge in [0.15, 0.2) is 0 Å². The lowest BCUT2D eigenvalue weighted by molar-refractivity contribution is -0.0184. The smallest absolute Gasteiger partial charge is 0.257 e. The summed E-state index contributed by atoms with van der Waals surface area (Å²) in [6, 6.07) is -0.254. The van der Waals surface area contributed by atoms with Gasteiger partial charge < -0.3 is 14.7 Å². The Morgan fingerprint density at radius 3 is 3.25 bits per heavy atom. The Balaban J connectivity index is 2.17. The molecule has 1 aliphatic rings. The van der Waals surface area contributed by atoms with Crippen molar-refractivity contribution < 1.29 is 14.6 Å². The minimum atomic E-state index is -0.254.